The second kappa shape index (κ2) is 8.31. The molecule has 7 heteroatoms. The van der Waals surface area contributed by atoms with Gasteiger partial charge in [-0.2, -0.15) is 0 Å². The summed E-state index contributed by atoms with van der Waals surface area (Å²) in [6, 6.07) is 5.51. The molecule has 0 fully saturated rings. The predicted molar refractivity (Wildman–Crippen MR) is 78.9 cm³/mol. The summed E-state index contributed by atoms with van der Waals surface area (Å²) >= 11 is 9.38. The van der Waals surface area contributed by atoms with Crippen molar-refractivity contribution in [1.82, 2.24) is 5.43 Å². The van der Waals surface area contributed by atoms with E-state index in [0.717, 1.165) is 16.6 Å². The summed E-state index contributed by atoms with van der Waals surface area (Å²) < 4.78 is 5.71. The number of guanidine groups is 1. The molecule has 0 radical (unpaired) electrons. The molecule has 0 aromatic heterocycles. The van der Waals surface area contributed by atoms with Crippen LogP contribution in [-0.2, 0) is 4.74 Å². The number of hydrogen-bond acceptors (Lipinski definition) is 3. The lowest BCUT2D eigenvalue weighted by Crippen LogP contribution is -2.36. The van der Waals surface area contributed by atoms with Crippen LogP contribution in [0.3, 0.4) is 0 Å². The minimum atomic E-state index is 0.481. The lowest BCUT2D eigenvalue weighted by Gasteiger charge is -2.11. The normalized spacial score (nSPS) is 11.4. The van der Waals surface area contributed by atoms with Gasteiger partial charge < -0.3 is 10.1 Å². The van der Waals surface area contributed by atoms with Crippen molar-refractivity contribution in [3.8, 4) is 0 Å². The molecule has 18 heavy (non-hydrogen) atoms. The van der Waals surface area contributed by atoms with E-state index in [1.54, 1.807) is 13.2 Å². The number of nitrogens with two attached hydrogens (primary N) is 1. The van der Waals surface area contributed by atoms with E-state index in [9.17, 15) is 0 Å². The maximum atomic E-state index is 5.99. The van der Waals surface area contributed by atoms with Crippen molar-refractivity contribution in [2.45, 2.75) is 6.42 Å². The van der Waals surface area contributed by atoms with Gasteiger partial charge in [0, 0.05) is 20.3 Å². The Kier molecular flexibility index (Phi) is 7.04. The molecule has 0 bridgehead atoms. The number of aliphatic imine (C=N–C) groups is 1. The Balaban J connectivity index is 2.65. The Morgan fingerprint density at radius 2 is 2.33 bits per heavy atom. The molecule has 0 spiro atoms. The molecule has 100 valence electrons. The number of hydrazine groups is 1. The molecular weight excluding hydrogens is 320 g/mol. The minimum absolute atomic E-state index is 0.481. The molecule has 4 N–H and O–H groups in total. The Morgan fingerprint density at radius 1 is 1.56 bits per heavy atom. The summed E-state index contributed by atoms with van der Waals surface area (Å²) in [5, 5.41) is 3.68. The topological polar surface area (TPSA) is 71.7 Å². The zero-order valence-electron chi connectivity index (χ0n) is 10.0. The molecule has 1 aromatic carbocycles. The van der Waals surface area contributed by atoms with E-state index >= 15 is 0 Å². The number of nitrogens with one attached hydrogen (secondary N) is 2. The summed E-state index contributed by atoms with van der Waals surface area (Å²) in [5.74, 6) is 5.88. The highest BCUT2D eigenvalue weighted by molar-refractivity contribution is 9.10. The predicted octanol–water partition coefficient (Wildman–Crippen LogP) is 2.37. The van der Waals surface area contributed by atoms with Gasteiger partial charge in [0.25, 0.3) is 0 Å². The summed E-state index contributed by atoms with van der Waals surface area (Å²) in [7, 11) is 1.66. The number of methoxy groups -OCH3 is 1. The average Bonchev–Trinajstić information content (AvgIpc) is 2.38. The number of ether oxygens (including phenoxy) is 1. The van der Waals surface area contributed by atoms with Gasteiger partial charge in [-0.1, -0.05) is 17.7 Å². The first-order chi connectivity index (χ1) is 8.69. The molecule has 0 aliphatic heterocycles. The van der Waals surface area contributed by atoms with Gasteiger partial charge in [-0.3, -0.25) is 10.4 Å². The molecule has 5 nitrogen and oxygen atoms in total. The van der Waals surface area contributed by atoms with Crippen LogP contribution in [0.5, 0.6) is 0 Å². The first-order valence-electron chi connectivity index (χ1n) is 5.40. The average molecular weight is 336 g/mol. The van der Waals surface area contributed by atoms with Crippen molar-refractivity contribution < 1.29 is 4.74 Å². The minimum Gasteiger partial charge on any atom is -0.385 e. The fourth-order valence-electron chi connectivity index (χ4n) is 1.25. The van der Waals surface area contributed by atoms with Crippen LogP contribution in [0.4, 0.5) is 5.69 Å². The zero-order chi connectivity index (χ0) is 13.4. The third-order valence-corrected chi connectivity index (χ3v) is 3.52. The fraction of sp³-hybridized carbons (Fsp3) is 0.364. The number of rotatable bonds is 5. The van der Waals surface area contributed by atoms with Crippen molar-refractivity contribution in [2.75, 3.05) is 25.6 Å². The number of halogens is 2. The highest BCUT2D eigenvalue weighted by atomic mass is 79.9. The highest BCUT2D eigenvalue weighted by Gasteiger charge is 2.05. The second-order valence-corrected chi connectivity index (χ2v) is 4.65. The number of benzene rings is 1. The standard InChI is InChI=1S/C11H16BrClN4O/c1-18-7-3-6-15-11(17-14)16-9-5-2-4-8(13)10(9)12/h2,4-5H,3,6-7,14H2,1H3,(H2,15,16,17). The van der Waals surface area contributed by atoms with E-state index in [1.807, 2.05) is 12.1 Å². The number of anilines is 1. The largest absolute Gasteiger partial charge is 0.385 e. The van der Waals surface area contributed by atoms with Gasteiger partial charge in [0.2, 0.25) is 5.96 Å². The van der Waals surface area contributed by atoms with Crippen molar-refractivity contribution in [3.05, 3.63) is 27.7 Å². The summed E-state index contributed by atoms with van der Waals surface area (Å²) in [6.07, 6.45) is 0.833. The summed E-state index contributed by atoms with van der Waals surface area (Å²) in [6.45, 7) is 1.29. The maximum Gasteiger partial charge on any atom is 0.210 e. The van der Waals surface area contributed by atoms with E-state index in [4.69, 9.17) is 22.2 Å². The SMILES string of the molecule is COCCCN=C(NN)Nc1cccc(Cl)c1Br. The third kappa shape index (κ3) is 4.81. The van der Waals surface area contributed by atoms with Crippen LogP contribution in [0.2, 0.25) is 5.02 Å². The third-order valence-electron chi connectivity index (χ3n) is 2.12. The molecule has 1 rings (SSSR count). The molecule has 0 aliphatic rings. The van der Waals surface area contributed by atoms with Crippen LogP contribution >= 0.6 is 27.5 Å². The first kappa shape index (κ1) is 15.2. The lowest BCUT2D eigenvalue weighted by molar-refractivity contribution is 0.197. The van der Waals surface area contributed by atoms with Gasteiger partial charge in [0.05, 0.1) is 15.2 Å². The molecule has 0 unspecified atom stereocenters. The van der Waals surface area contributed by atoms with Crippen LogP contribution < -0.4 is 16.6 Å². The van der Waals surface area contributed by atoms with Gasteiger partial charge in [-0.15, -0.1) is 0 Å². The Labute approximate surface area is 120 Å². The molecular formula is C11H16BrClN4O. The van der Waals surface area contributed by atoms with Crippen LogP contribution in [0.15, 0.2) is 27.7 Å². The van der Waals surface area contributed by atoms with E-state index in [0.29, 0.717) is 24.1 Å². The Morgan fingerprint density at radius 3 is 3.00 bits per heavy atom. The highest BCUT2D eigenvalue weighted by Crippen LogP contribution is 2.29. The molecule has 0 heterocycles. The number of nitrogens with zero attached hydrogens (tertiary/aromatic N) is 1. The van der Waals surface area contributed by atoms with Crippen LogP contribution in [-0.4, -0.2) is 26.2 Å². The van der Waals surface area contributed by atoms with E-state index in [2.05, 4.69) is 31.7 Å². The van der Waals surface area contributed by atoms with Gasteiger partial charge >= 0.3 is 0 Å². The smallest absolute Gasteiger partial charge is 0.210 e. The van der Waals surface area contributed by atoms with Crippen molar-refractivity contribution in [1.29, 1.82) is 0 Å². The van der Waals surface area contributed by atoms with E-state index in [1.165, 1.54) is 0 Å². The second-order valence-electron chi connectivity index (χ2n) is 3.45. The monoisotopic (exact) mass is 334 g/mol. The van der Waals surface area contributed by atoms with Gasteiger partial charge in [0.15, 0.2) is 0 Å². The molecule has 0 saturated carbocycles. The summed E-state index contributed by atoms with van der Waals surface area (Å²) in [4.78, 5) is 4.27. The lowest BCUT2D eigenvalue weighted by atomic mass is 10.3. The first-order valence-corrected chi connectivity index (χ1v) is 6.57. The number of hydrogen-bond donors (Lipinski definition) is 3. The van der Waals surface area contributed by atoms with Gasteiger partial charge in [0.1, 0.15) is 0 Å². The summed E-state index contributed by atoms with van der Waals surface area (Å²) in [5.41, 5.74) is 3.31. The van der Waals surface area contributed by atoms with Crippen molar-refractivity contribution >= 4 is 39.2 Å². The van der Waals surface area contributed by atoms with Gasteiger partial charge in [-0.25, -0.2) is 5.84 Å². The van der Waals surface area contributed by atoms with Crippen LogP contribution in [0.25, 0.3) is 0 Å². The van der Waals surface area contributed by atoms with E-state index in [-0.39, 0.29) is 0 Å². The molecule has 0 aliphatic carbocycles. The zero-order valence-corrected chi connectivity index (χ0v) is 12.4. The Hall–Kier alpha value is -0.820. The van der Waals surface area contributed by atoms with Crippen molar-refractivity contribution in [2.24, 2.45) is 10.8 Å². The maximum absolute atomic E-state index is 5.99. The molecule has 0 amide bonds. The van der Waals surface area contributed by atoms with E-state index < -0.39 is 0 Å². The molecule has 0 atom stereocenters. The molecule has 0 saturated heterocycles. The van der Waals surface area contributed by atoms with Crippen molar-refractivity contribution in [3.63, 3.8) is 0 Å². The van der Waals surface area contributed by atoms with Crippen LogP contribution in [0, 0.1) is 0 Å². The van der Waals surface area contributed by atoms with Crippen LogP contribution in [0.1, 0.15) is 6.42 Å². The quantitative estimate of drug-likeness (QED) is 0.254. The Bertz CT molecular complexity index is 414. The van der Waals surface area contributed by atoms with Gasteiger partial charge in [-0.05, 0) is 34.5 Å². The molecule has 1 aromatic rings. The fourth-order valence-corrected chi connectivity index (χ4v) is 1.79.